The summed E-state index contributed by atoms with van der Waals surface area (Å²) in [5.41, 5.74) is 1.83. The number of rotatable bonds is 7. The Morgan fingerprint density at radius 3 is 2.32 bits per heavy atom. The molecule has 3 N–H and O–H groups in total. The fourth-order valence-electron chi connectivity index (χ4n) is 5.11. The Balaban J connectivity index is 1.55. The number of hydrogen-bond acceptors (Lipinski definition) is 6. The summed E-state index contributed by atoms with van der Waals surface area (Å²) in [7, 11) is 0. The molecule has 2 aliphatic rings. The molecular weight excluding hydrogens is 490 g/mol. The average molecular weight is 521 g/mol. The Hall–Kier alpha value is -4.08. The van der Waals surface area contributed by atoms with Crippen LogP contribution in [0.3, 0.4) is 0 Å². The van der Waals surface area contributed by atoms with Gasteiger partial charge < -0.3 is 20.9 Å². The third-order valence-electron chi connectivity index (χ3n) is 7.14. The summed E-state index contributed by atoms with van der Waals surface area (Å²) in [6.07, 6.45) is 3.40. The minimum absolute atomic E-state index is 0.138. The highest BCUT2D eigenvalue weighted by atomic mass is 19.1. The maximum absolute atomic E-state index is 14.4. The highest BCUT2D eigenvalue weighted by Crippen LogP contribution is 2.54. The van der Waals surface area contributed by atoms with Gasteiger partial charge in [-0.05, 0) is 75.8 Å². The van der Waals surface area contributed by atoms with Crippen LogP contribution >= 0.6 is 0 Å². The molecule has 5 rings (SSSR count). The predicted octanol–water partition coefficient (Wildman–Crippen LogP) is 4.96. The van der Waals surface area contributed by atoms with E-state index < -0.39 is 28.8 Å². The van der Waals surface area contributed by atoms with E-state index in [1.54, 1.807) is 13.0 Å². The van der Waals surface area contributed by atoms with E-state index in [0.29, 0.717) is 27.1 Å². The molecule has 198 valence electrons. The average Bonchev–Trinajstić information content (AvgIpc) is 3.48. The molecule has 0 unspecified atom stereocenters. The molecular formula is C28H30F2N6O2. The fourth-order valence-corrected chi connectivity index (χ4v) is 5.11. The van der Waals surface area contributed by atoms with Gasteiger partial charge in [0, 0.05) is 42.2 Å². The lowest BCUT2D eigenvalue weighted by Crippen LogP contribution is -2.28. The van der Waals surface area contributed by atoms with E-state index in [0.717, 1.165) is 49.1 Å². The van der Waals surface area contributed by atoms with E-state index in [1.807, 2.05) is 19.9 Å². The molecule has 2 heterocycles. The molecule has 0 atom stereocenters. The van der Waals surface area contributed by atoms with Gasteiger partial charge in [-0.3, -0.25) is 9.59 Å². The summed E-state index contributed by atoms with van der Waals surface area (Å²) < 4.78 is 29.3. The highest BCUT2D eigenvalue weighted by Gasteiger charge is 2.48. The Bertz CT molecular complexity index is 1470. The molecule has 0 bridgehead atoms. The van der Waals surface area contributed by atoms with Crippen LogP contribution in [0.25, 0.3) is 5.69 Å². The maximum Gasteiger partial charge on any atom is 0.276 e. The van der Waals surface area contributed by atoms with Crippen LogP contribution in [0.5, 0.6) is 0 Å². The van der Waals surface area contributed by atoms with E-state index in [-0.39, 0.29) is 11.7 Å². The molecule has 2 fully saturated rings. The monoisotopic (exact) mass is 520 g/mol. The number of carbonyl (C=O) groups excluding carboxylic acids is 1. The van der Waals surface area contributed by atoms with Crippen molar-refractivity contribution in [2.45, 2.75) is 46.1 Å². The van der Waals surface area contributed by atoms with E-state index >= 15 is 0 Å². The third kappa shape index (κ3) is 4.78. The van der Waals surface area contributed by atoms with E-state index in [1.165, 1.54) is 25.0 Å². The van der Waals surface area contributed by atoms with Gasteiger partial charge >= 0.3 is 0 Å². The molecule has 1 aliphatic heterocycles. The van der Waals surface area contributed by atoms with Crippen LogP contribution in [0.15, 0.2) is 47.3 Å². The van der Waals surface area contributed by atoms with Gasteiger partial charge in [0.25, 0.3) is 11.5 Å². The van der Waals surface area contributed by atoms with Gasteiger partial charge in [0.1, 0.15) is 11.4 Å². The fraction of sp³-hybridized carbons (Fsp3) is 0.357. The Morgan fingerprint density at radius 1 is 1.03 bits per heavy atom. The van der Waals surface area contributed by atoms with Crippen molar-refractivity contribution in [3.05, 3.63) is 75.7 Å². The number of amides is 1. The molecule has 0 radical (unpaired) electrons. The number of anilines is 3. The lowest BCUT2D eigenvalue weighted by Gasteiger charge is -2.28. The van der Waals surface area contributed by atoms with Crippen LogP contribution < -0.4 is 21.1 Å². The first-order valence-electron chi connectivity index (χ1n) is 12.7. The zero-order valence-corrected chi connectivity index (χ0v) is 21.6. The van der Waals surface area contributed by atoms with Gasteiger partial charge in [-0.25, -0.2) is 8.78 Å². The Kier molecular flexibility index (Phi) is 6.50. The van der Waals surface area contributed by atoms with Crippen LogP contribution in [0, 0.1) is 22.5 Å². The molecule has 1 saturated heterocycles. The van der Waals surface area contributed by atoms with Crippen molar-refractivity contribution in [1.29, 1.82) is 5.41 Å². The summed E-state index contributed by atoms with van der Waals surface area (Å²) in [6, 6.07) is 9.24. The van der Waals surface area contributed by atoms with E-state index in [2.05, 4.69) is 20.6 Å². The maximum atomic E-state index is 14.4. The van der Waals surface area contributed by atoms with Crippen LogP contribution in [-0.2, 0) is 0 Å². The largest absolute Gasteiger partial charge is 0.382 e. The molecule has 8 nitrogen and oxygen atoms in total. The molecule has 10 heteroatoms. The topological polar surface area (TPSA) is 103 Å². The van der Waals surface area contributed by atoms with Crippen LogP contribution in [0.2, 0.25) is 0 Å². The zero-order valence-electron chi connectivity index (χ0n) is 21.6. The first-order valence-corrected chi connectivity index (χ1v) is 12.7. The minimum atomic E-state index is -0.971. The normalized spacial score (nSPS) is 15.7. The molecule has 1 amide bonds. The summed E-state index contributed by atoms with van der Waals surface area (Å²) in [5.74, 6) is -2.58. The van der Waals surface area contributed by atoms with E-state index in [4.69, 9.17) is 5.41 Å². The van der Waals surface area contributed by atoms with Gasteiger partial charge in [-0.2, -0.15) is 9.78 Å². The predicted molar refractivity (Wildman–Crippen MR) is 144 cm³/mol. The number of nitrogens with one attached hydrogen (secondary N) is 3. The Labute approximate surface area is 219 Å². The lowest BCUT2D eigenvalue weighted by molar-refractivity contribution is 0.102. The second kappa shape index (κ2) is 9.66. The van der Waals surface area contributed by atoms with Crippen LogP contribution in [0.4, 0.5) is 25.8 Å². The first kappa shape index (κ1) is 25.6. The van der Waals surface area contributed by atoms with Crippen molar-refractivity contribution in [3.63, 3.8) is 0 Å². The standard InChI is InChI=1S/C28H30F2N6O2/c1-16(2)32-20-7-8-21(26(24(20)17(3)31)35-14-13-28(15-35)11-12-28)33-27(38)22-9-10-23(37)36(34-22)25-18(29)5-4-6-19(25)30/h4-10,16,31-32H,11-15H2,1-3H3,(H,33,38). The number of hydrogen-bond donors (Lipinski definition) is 3. The number of aromatic nitrogens is 2. The Morgan fingerprint density at radius 2 is 1.71 bits per heavy atom. The van der Waals surface area contributed by atoms with Gasteiger partial charge in [-0.15, -0.1) is 0 Å². The molecule has 38 heavy (non-hydrogen) atoms. The van der Waals surface area contributed by atoms with Crippen molar-refractivity contribution < 1.29 is 13.6 Å². The van der Waals surface area contributed by atoms with Crippen LogP contribution in [-0.4, -0.2) is 40.5 Å². The summed E-state index contributed by atoms with van der Waals surface area (Å²) in [4.78, 5) is 28.0. The zero-order chi connectivity index (χ0) is 27.2. The van der Waals surface area contributed by atoms with Crippen molar-refractivity contribution in [2.75, 3.05) is 28.6 Å². The van der Waals surface area contributed by atoms with Crippen molar-refractivity contribution in [1.82, 2.24) is 9.78 Å². The first-order chi connectivity index (χ1) is 18.1. The SMILES string of the molecule is CC(=N)c1c(NC(C)C)ccc(NC(=O)c2ccc(=O)n(-c3c(F)cccc3F)n2)c1N1CCC2(CC2)C1. The van der Waals surface area contributed by atoms with Gasteiger partial charge in [0.15, 0.2) is 11.6 Å². The molecule has 1 aromatic heterocycles. The van der Waals surface area contributed by atoms with Gasteiger partial charge in [-0.1, -0.05) is 6.07 Å². The van der Waals surface area contributed by atoms with Crippen molar-refractivity contribution >= 4 is 28.7 Å². The number of carbonyl (C=O) groups is 1. The van der Waals surface area contributed by atoms with Gasteiger partial charge in [0.2, 0.25) is 0 Å². The highest BCUT2D eigenvalue weighted by molar-refractivity contribution is 6.12. The summed E-state index contributed by atoms with van der Waals surface area (Å²) in [5, 5.41) is 18.8. The van der Waals surface area contributed by atoms with Crippen molar-refractivity contribution in [2.24, 2.45) is 5.41 Å². The second-order valence-electron chi connectivity index (χ2n) is 10.5. The number of benzene rings is 2. The number of nitrogens with zero attached hydrogens (tertiary/aromatic N) is 3. The minimum Gasteiger partial charge on any atom is -0.382 e. The third-order valence-corrected chi connectivity index (χ3v) is 7.14. The quantitative estimate of drug-likeness (QED) is 0.382. The van der Waals surface area contributed by atoms with Gasteiger partial charge in [0.05, 0.1) is 11.4 Å². The second-order valence-corrected chi connectivity index (χ2v) is 10.5. The lowest BCUT2D eigenvalue weighted by atomic mass is 10.0. The molecule has 1 aliphatic carbocycles. The summed E-state index contributed by atoms with van der Waals surface area (Å²) in [6.45, 7) is 7.42. The number of para-hydroxylation sites is 1. The van der Waals surface area contributed by atoms with Crippen LogP contribution in [0.1, 0.15) is 56.1 Å². The molecule has 3 aromatic rings. The van der Waals surface area contributed by atoms with Crippen molar-refractivity contribution in [3.8, 4) is 5.69 Å². The number of halogens is 2. The summed E-state index contributed by atoms with van der Waals surface area (Å²) >= 11 is 0. The molecule has 1 saturated carbocycles. The smallest absolute Gasteiger partial charge is 0.276 e. The molecule has 2 aromatic carbocycles. The molecule has 1 spiro atoms. The van der Waals surface area contributed by atoms with E-state index in [9.17, 15) is 18.4 Å².